The maximum Gasteiger partial charge on any atom is 0.177 e. The average Bonchev–Trinajstić information content (AvgIpc) is 2.69. The lowest BCUT2D eigenvalue weighted by Crippen LogP contribution is -2.27. The fourth-order valence-electron chi connectivity index (χ4n) is 3.64. The van der Waals surface area contributed by atoms with Gasteiger partial charge in [0.15, 0.2) is 5.78 Å². The third-order valence-corrected chi connectivity index (χ3v) is 5.49. The molecule has 0 saturated heterocycles. The number of carbonyl (C=O) groups excluding carboxylic acids is 1. The van der Waals surface area contributed by atoms with Crippen LogP contribution < -0.4 is 4.74 Å². The molecule has 4 N–H and O–H groups in total. The van der Waals surface area contributed by atoms with Crippen molar-refractivity contribution >= 4 is 5.78 Å². The number of hydrogen-bond donors (Lipinski definition) is 4. The first-order valence-electron chi connectivity index (χ1n) is 10.1. The van der Waals surface area contributed by atoms with Gasteiger partial charge in [-0.05, 0) is 44.9 Å². The Balaban J connectivity index is 2.11. The number of aliphatic hydroxyl groups excluding tert-OH is 1. The standard InChI is InChI=1S/C25H28O6/c1-13(2)5-7-18-23(29)15(10-21(27)14(3)4)9-19-24(30)20(12-31-25(18)19)17-8-6-16(26)11-22(17)28/h5-6,8-9,11,20-21,26-29H,3,7,10,12H2,1-2,4H3. The molecule has 3 rings (SSSR count). The van der Waals surface area contributed by atoms with E-state index in [1.807, 2.05) is 19.9 Å². The van der Waals surface area contributed by atoms with E-state index in [4.69, 9.17) is 4.74 Å². The van der Waals surface area contributed by atoms with E-state index in [-0.39, 0.29) is 36.1 Å². The third-order valence-electron chi connectivity index (χ3n) is 5.49. The molecule has 0 radical (unpaired) electrons. The van der Waals surface area contributed by atoms with Gasteiger partial charge in [-0.1, -0.05) is 29.9 Å². The maximum atomic E-state index is 13.4. The Labute approximate surface area is 181 Å². The van der Waals surface area contributed by atoms with Crippen molar-refractivity contribution in [1.29, 1.82) is 0 Å². The number of allylic oxidation sites excluding steroid dienone is 2. The molecule has 31 heavy (non-hydrogen) atoms. The first-order valence-corrected chi connectivity index (χ1v) is 10.1. The summed E-state index contributed by atoms with van der Waals surface area (Å²) >= 11 is 0. The highest BCUT2D eigenvalue weighted by atomic mass is 16.5. The minimum atomic E-state index is -0.864. The van der Waals surface area contributed by atoms with Crippen LogP contribution in [0.3, 0.4) is 0 Å². The Hall–Kier alpha value is -3.25. The van der Waals surface area contributed by atoms with Gasteiger partial charge in [-0.2, -0.15) is 0 Å². The number of hydrogen-bond acceptors (Lipinski definition) is 6. The van der Waals surface area contributed by atoms with Crippen LogP contribution in [0.2, 0.25) is 0 Å². The minimum absolute atomic E-state index is 0.000826. The lowest BCUT2D eigenvalue weighted by molar-refractivity contribution is 0.0892. The summed E-state index contributed by atoms with van der Waals surface area (Å²) in [6.45, 7) is 9.33. The zero-order chi connectivity index (χ0) is 22.9. The van der Waals surface area contributed by atoms with Gasteiger partial charge >= 0.3 is 0 Å². The zero-order valence-electron chi connectivity index (χ0n) is 18.0. The second kappa shape index (κ2) is 8.86. The Morgan fingerprint density at radius 2 is 1.94 bits per heavy atom. The summed E-state index contributed by atoms with van der Waals surface area (Å²) in [5.41, 5.74) is 3.17. The highest BCUT2D eigenvalue weighted by Crippen LogP contribution is 2.43. The number of carbonyl (C=O) groups is 1. The predicted molar refractivity (Wildman–Crippen MR) is 118 cm³/mol. The number of Topliss-reactive ketones (excluding diaryl/α,β-unsaturated/α-hetero) is 1. The fourth-order valence-corrected chi connectivity index (χ4v) is 3.64. The molecule has 2 aromatic rings. The van der Waals surface area contributed by atoms with E-state index in [2.05, 4.69) is 6.58 Å². The summed E-state index contributed by atoms with van der Waals surface area (Å²) in [7, 11) is 0. The van der Waals surface area contributed by atoms with Crippen LogP contribution >= 0.6 is 0 Å². The molecule has 2 atom stereocenters. The van der Waals surface area contributed by atoms with Crippen molar-refractivity contribution in [1.82, 2.24) is 0 Å². The molecule has 1 heterocycles. The van der Waals surface area contributed by atoms with E-state index < -0.39 is 12.0 Å². The highest BCUT2D eigenvalue weighted by Gasteiger charge is 2.35. The maximum absolute atomic E-state index is 13.4. The number of rotatable bonds is 6. The molecule has 0 bridgehead atoms. The molecule has 0 amide bonds. The summed E-state index contributed by atoms with van der Waals surface area (Å²) in [6.07, 6.45) is 1.55. The number of fused-ring (bicyclic) bond motifs is 1. The average molecular weight is 424 g/mol. The lowest BCUT2D eigenvalue weighted by Gasteiger charge is -2.28. The van der Waals surface area contributed by atoms with Gasteiger partial charge in [0.25, 0.3) is 0 Å². The van der Waals surface area contributed by atoms with Crippen molar-refractivity contribution < 1.29 is 30.0 Å². The molecule has 1 aliphatic rings. The normalized spacial score (nSPS) is 16.3. The van der Waals surface area contributed by atoms with E-state index in [1.165, 1.54) is 18.2 Å². The molecular formula is C25H28O6. The zero-order valence-corrected chi connectivity index (χ0v) is 18.0. The van der Waals surface area contributed by atoms with Gasteiger partial charge in [-0.15, -0.1) is 0 Å². The van der Waals surface area contributed by atoms with Gasteiger partial charge in [0, 0.05) is 23.6 Å². The van der Waals surface area contributed by atoms with Crippen molar-refractivity contribution in [2.24, 2.45) is 0 Å². The molecule has 6 heteroatoms. The summed E-state index contributed by atoms with van der Waals surface area (Å²) in [5.74, 6) is -0.985. The monoisotopic (exact) mass is 424 g/mol. The summed E-state index contributed by atoms with van der Waals surface area (Å²) in [6, 6.07) is 5.64. The quantitative estimate of drug-likeness (QED) is 0.519. The van der Waals surface area contributed by atoms with Crippen molar-refractivity contribution in [2.45, 2.75) is 45.6 Å². The molecule has 1 aliphatic heterocycles. The van der Waals surface area contributed by atoms with Crippen LogP contribution in [0.15, 0.2) is 48.1 Å². The first kappa shape index (κ1) is 22.4. The van der Waals surface area contributed by atoms with Crippen LogP contribution in [0.25, 0.3) is 0 Å². The molecule has 164 valence electrons. The number of aliphatic hydroxyl groups is 1. The van der Waals surface area contributed by atoms with Gasteiger partial charge in [0.1, 0.15) is 29.6 Å². The summed E-state index contributed by atoms with van der Waals surface area (Å²) in [5, 5.41) is 41.0. The van der Waals surface area contributed by atoms with Crippen LogP contribution in [0.5, 0.6) is 23.0 Å². The predicted octanol–water partition coefficient (Wildman–Crippen LogP) is 4.15. The third kappa shape index (κ3) is 4.59. The van der Waals surface area contributed by atoms with Crippen molar-refractivity contribution in [3.8, 4) is 23.0 Å². The second-order valence-electron chi connectivity index (χ2n) is 8.26. The summed E-state index contributed by atoms with van der Waals surface area (Å²) in [4.78, 5) is 13.4. The Morgan fingerprint density at radius 1 is 1.23 bits per heavy atom. The van der Waals surface area contributed by atoms with E-state index >= 15 is 0 Å². The molecule has 0 spiro atoms. The number of ether oxygens (including phenoxy) is 1. The van der Waals surface area contributed by atoms with Crippen molar-refractivity contribution in [3.63, 3.8) is 0 Å². The topological polar surface area (TPSA) is 107 Å². The van der Waals surface area contributed by atoms with Gasteiger partial charge < -0.3 is 25.2 Å². The number of benzene rings is 2. The van der Waals surface area contributed by atoms with E-state index in [1.54, 1.807) is 13.0 Å². The van der Waals surface area contributed by atoms with Crippen LogP contribution in [-0.4, -0.2) is 38.9 Å². The largest absolute Gasteiger partial charge is 0.508 e. The number of ketones is 1. The summed E-state index contributed by atoms with van der Waals surface area (Å²) < 4.78 is 5.93. The van der Waals surface area contributed by atoms with E-state index in [0.717, 1.165) is 5.57 Å². The number of phenols is 3. The molecule has 2 unspecified atom stereocenters. The van der Waals surface area contributed by atoms with Crippen LogP contribution in [0, 0.1) is 0 Å². The fraction of sp³-hybridized carbons (Fsp3) is 0.320. The lowest BCUT2D eigenvalue weighted by atomic mass is 9.85. The number of aromatic hydroxyl groups is 3. The molecule has 0 aliphatic carbocycles. The van der Waals surface area contributed by atoms with E-state index in [0.29, 0.717) is 40.0 Å². The Morgan fingerprint density at radius 3 is 2.55 bits per heavy atom. The van der Waals surface area contributed by atoms with Gasteiger partial charge in [-0.3, -0.25) is 4.79 Å². The smallest absolute Gasteiger partial charge is 0.177 e. The molecule has 2 aromatic carbocycles. The Kier molecular flexibility index (Phi) is 6.41. The van der Waals surface area contributed by atoms with Crippen LogP contribution in [0.4, 0.5) is 0 Å². The number of phenolic OH excluding ortho intramolecular Hbond substituents is 3. The van der Waals surface area contributed by atoms with Crippen molar-refractivity contribution in [2.75, 3.05) is 6.61 Å². The highest BCUT2D eigenvalue weighted by molar-refractivity contribution is 6.05. The Bertz CT molecular complexity index is 1060. The second-order valence-corrected chi connectivity index (χ2v) is 8.26. The van der Waals surface area contributed by atoms with Gasteiger partial charge in [-0.25, -0.2) is 0 Å². The van der Waals surface area contributed by atoms with Crippen molar-refractivity contribution in [3.05, 3.63) is 70.3 Å². The van der Waals surface area contributed by atoms with Gasteiger partial charge in [0.05, 0.1) is 17.6 Å². The molecule has 0 aromatic heterocycles. The SMILES string of the molecule is C=C(C)C(O)Cc1cc2c(c(CC=C(C)C)c1O)OCC(c1ccc(O)cc1O)C2=O. The molecule has 6 nitrogen and oxygen atoms in total. The van der Waals surface area contributed by atoms with Crippen LogP contribution in [-0.2, 0) is 12.8 Å². The minimum Gasteiger partial charge on any atom is -0.508 e. The molecule has 0 fully saturated rings. The first-order chi connectivity index (χ1) is 14.6. The molecular weight excluding hydrogens is 396 g/mol. The van der Waals surface area contributed by atoms with E-state index in [9.17, 15) is 25.2 Å². The van der Waals surface area contributed by atoms with Crippen LogP contribution in [0.1, 0.15) is 53.7 Å². The molecule has 0 saturated carbocycles. The van der Waals surface area contributed by atoms with Gasteiger partial charge in [0.2, 0.25) is 0 Å².